The van der Waals surface area contributed by atoms with Crippen molar-refractivity contribution in [1.29, 1.82) is 0 Å². The lowest BCUT2D eigenvalue weighted by Crippen LogP contribution is -2.47. The molecule has 0 aromatic rings. The number of hydrogen-bond donors (Lipinski definition) is 2. The van der Waals surface area contributed by atoms with Gasteiger partial charge in [-0.1, -0.05) is 12.8 Å². The van der Waals surface area contributed by atoms with Gasteiger partial charge in [-0.15, -0.1) is 24.0 Å². The molecule has 2 fully saturated rings. The summed E-state index contributed by atoms with van der Waals surface area (Å²) in [6.45, 7) is 1.24. The molecular weight excluding hydrogens is 472 g/mol. The van der Waals surface area contributed by atoms with Crippen molar-refractivity contribution in [1.82, 2.24) is 14.9 Å². The first-order chi connectivity index (χ1) is 11.2. The van der Waals surface area contributed by atoms with Crippen LogP contribution in [0.3, 0.4) is 0 Å². The van der Waals surface area contributed by atoms with Gasteiger partial charge in [-0.2, -0.15) is 17.5 Å². The monoisotopic (exact) mass is 498 g/mol. The van der Waals surface area contributed by atoms with Crippen LogP contribution in [0.4, 0.5) is 13.2 Å². The second-order valence-corrected chi connectivity index (χ2v) is 8.33. The molecule has 0 spiro atoms. The molecule has 0 bridgehead atoms. The van der Waals surface area contributed by atoms with Crippen molar-refractivity contribution in [2.45, 2.75) is 37.6 Å². The fraction of sp³-hybridized carbons (Fsp3) is 0.929. The van der Waals surface area contributed by atoms with E-state index in [4.69, 9.17) is 0 Å². The Bertz CT molecular complexity index is 545. The van der Waals surface area contributed by atoms with Gasteiger partial charge in [0.25, 0.3) is 0 Å². The van der Waals surface area contributed by atoms with Crippen molar-refractivity contribution < 1.29 is 21.6 Å². The van der Waals surface area contributed by atoms with E-state index in [0.717, 1.165) is 18.9 Å². The Hall–Kier alpha value is -0.300. The molecule has 0 aromatic carbocycles. The lowest BCUT2D eigenvalue weighted by molar-refractivity contribution is -0.0496. The Morgan fingerprint density at radius 2 is 1.72 bits per heavy atom. The maximum atomic E-state index is 12.5. The summed E-state index contributed by atoms with van der Waals surface area (Å²) in [5.74, 6) is 1.64. The van der Waals surface area contributed by atoms with Crippen molar-refractivity contribution in [3.63, 3.8) is 0 Å². The first-order valence-corrected chi connectivity index (χ1v) is 9.69. The summed E-state index contributed by atoms with van der Waals surface area (Å²) in [6, 6.07) is 0. The minimum absolute atomic E-state index is 0. The Balaban J connectivity index is 0.00000312. The summed E-state index contributed by atoms with van der Waals surface area (Å²) in [5, 5.41) is 6.38. The smallest absolute Gasteiger partial charge is 0.356 e. The molecule has 25 heavy (non-hydrogen) atoms. The highest BCUT2D eigenvalue weighted by Gasteiger charge is 2.50. The molecule has 2 rings (SSSR count). The van der Waals surface area contributed by atoms with Crippen LogP contribution < -0.4 is 10.6 Å². The van der Waals surface area contributed by atoms with E-state index in [-0.39, 0.29) is 43.0 Å². The van der Waals surface area contributed by atoms with E-state index in [9.17, 15) is 21.6 Å². The third-order valence-corrected chi connectivity index (χ3v) is 6.16. The van der Waals surface area contributed by atoms with Crippen molar-refractivity contribution in [2.24, 2.45) is 16.8 Å². The van der Waals surface area contributed by atoms with Gasteiger partial charge in [-0.05, 0) is 31.1 Å². The second-order valence-electron chi connectivity index (χ2n) is 6.41. The van der Waals surface area contributed by atoms with Gasteiger partial charge in [0.1, 0.15) is 0 Å². The molecule has 0 atom stereocenters. The number of guanidine groups is 1. The van der Waals surface area contributed by atoms with Gasteiger partial charge in [0.2, 0.25) is 0 Å². The fourth-order valence-corrected chi connectivity index (χ4v) is 3.75. The Morgan fingerprint density at radius 3 is 2.20 bits per heavy atom. The number of nitrogens with zero attached hydrogens (tertiary/aromatic N) is 2. The number of hydrogen-bond acceptors (Lipinski definition) is 3. The third-order valence-electron chi connectivity index (χ3n) is 4.53. The molecular formula is C14H26F3IN4O2S. The molecule has 1 aliphatic carbocycles. The zero-order valence-corrected chi connectivity index (χ0v) is 17.3. The van der Waals surface area contributed by atoms with Gasteiger partial charge in [0.15, 0.2) is 5.96 Å². The summed E-state index contributed by atoms with van der Waals surface area (Å²) in [6.07, 6.45) is 4.53. The molecule has 0 unspecified atom stereocenters. The molecule has 0 aromatic heterocycles. The first-order valence-electron chi connectivity index (χ1n) is 8.25. The zero-order chi connectivity index (χ0) is 17.8. The molecule has 1 saturated carbocycles. The van der Waals surface area contributed by atoms with Gasteiger partial charge in [-0.25, -0.2) is 8.42 Å². The minimum atomic E-state index is -5.22. The Kier molecular flexibility index (Phi) is 8.72. The van der Waals surface area contributed by atoms with Gasteiger partial charge < -0.3 is 10.6 Å². The predicted molar refractivity (Wildman–Crippen MR) is 101 cm³/mol. The molecule has 0 radical (unpaired) electrons. The summed E-state index contributed by atoms with van der Waals surface area (Å²) >= 11 is 0. The number of sulfonamides is 1. The average molecular weight is 498 g/mol. The standard InChI is InChI=1S/C14H25F3N4O2S.HI/c1-18-13(19-7-4-11-2-3-11)20-10-12-5-8-21(9-6-12)24(22,23)14(15,16)17;/h11-12H,2-10H2,1H3,(H2,18,19,20);1H. The van der Waals surface area contributed by atoms with Gasteiger partial charge >= 0.3 is 15.5 Å². The molecule has 1 saturated heterocycles. The van der Waals surface area contributed by atoms with Gasteiger partial charge in [-0.3, -0.25) is 4.99 Å². The van der Waals surface area contributed by atoms with E-state index in [0.29, 0.717) is 29.7 Å². The second kappa shape index (κ2) is 9.58. The van der Waals surface area contributed by atoms with Crippen LogP contribution in [-0.2, 0) is 10.0 Å². The zero-order valence-electron chi connectivity index (χ0n) is 14.2. The highest BCUT2D eigenvalue weighted by atomic mass is 127. The fourth-order valence-electron chi connectivity index (χ4n) is 2.76. The predicted octanol–water partition coefficient (Wildman–Crippen LogP) is 2.13. The summed E-state index contributed by atoms with van der Waals surface area (Å²) in [5.41, 5.74) is -5.22. The minimum Gasteiger partial charge on any atom is -0.356 e. The van der Waals surface area contributed by atoms with Crippen LogP contribution in [-0.4, -0.2) is 57.4 Å². The molecule has 0 amide bonds. The van der Waals surface area contributed by atoms with Crippen LogP contribution in [0.25, 0.3) is 0 Å². The SMILES string of the molecule is CN=C(NCCC1CC1)NCC1CCN(S(=O)(=O)C(F)(F)F)CC1.I. The number of alkyl halides is 3. The molecule has 2 N–H and O–H groups in total. The molecule has 1 aliphatic heterocycles. The average Bonchev–Trinajstić information content (AvgIpc) is 3.34. The number of nitrogens with one attached hydrogen (secondary N) is 2. The third kappa shape index (κ3) is 6.74. The summed E-state index contributed by atoms with van der Waals surface area (Å²) in [4.78, 5) is 4.12. The maximum Gasteiger partial charge on any atom is 0.511 e. The van der Waals surface area contributed by atoms with E-state index < -0.39 is 15.5 Å². The normalized spacial score (nSPS) is 20.9. The number of piperidine rings is 1. The van der Waals surface area contributed by atoms with Crippen molar-refractivity contribution >= 4 is 40.0 Å². The topological polar surface area (TPSA) is 73.8 Å². The number of aliphatic imine (C=N–C) groups is 1. The maximum absolute atomic E-state index is 12.5. The number of halogens is 4. The molecule has 1 heterocycles. The lowest BCUT2D eigenvalue weighted by atomic mass is 9.98. The molecule has 6 nitrogen and oxygen atoms in total. The van der Waals surface area contributed by atoms with Crippen LogP contribution in [0, 0.1) is 11.8 Å². The largest absolute Gasteiger partial charge is 0.511 e. The summed E-state index contributed by atoms with van der Waals surface area (Å²) in [7, 11) is -3.52. The molecule has 148 valence electrons. The number of rotatable bonds is 6. The van der Waals surface area contributed by atoms with Crippen LogP contribution in [0.1, 0.15) is 32.1 Å². The van der Waals surface area contributed by atoms with E-state index in [1.54, 1.807) is 7.05 Å². The Labute approximate surface area is 164 Å². The Morgan fingerprint density at radius 1 is 1.12 bits per heavy atom. The van der Waals surface area contributed by atoms with E-state index in [2.05, 4.69) is 15.6 Å². The quantitative estimate of drug-likeness (QED) is 0.335. The van der Waals surface area contributed by atoms with Gasteiger partial charge in [0.05, 0.1) is 0 Å². The first kappa shape index (κ1) is 22.7. The lowest BCUT2D eigenvalue weighted by Gasteiger charge is -2.31. The van der Waals surface area contributed by atoms with Crippen LogP contribution >= 0.6 is 24.0 Å². The van der Waals surface area contributed by atoms with E-state index >= 15 is 0 Å². The van der Waals surface area contributed by atoms with Gasteiger partial charge in [0, 0.05) is 33.2 Å². The van der Waals surface area contributed by atoms with E-state index in [1.165, 1.54) is 12.8 Å². The molecule has 11 heteroatoms. The van der Waals surface area contributed by atoms with Crippen LogP contribution in [0.5, 0.6) is 0 Å². The highest BCUT2D eigenvalue weighted by molar-refractivity contribution is 14.0. The van der Waals surface area contributed by atoms with Crippen molar-refractivity contribution in [3.8, 4) is 0 Å². The van der Waals surface area contributed by atoms with E-state index in [1.807, 2.05) is 0 Å². The van der Waals surface area contributed by atoms with Crippen LogP contribution in [0.2, 0.25) is 0 Å². The molecule has 2 aliphatic rings. The highest BCUT2D eigenvalue weighted by Crippen LogP contribution is 2.31. The van der Waals surface area contributed by atoms with Crippen molar-refractivity contribution in [2.75, 3.05) is 33.2 Å². The van der Waals surface area contributed by atoms with Crippen molar-refractivity contribution in [3.05, 3.63) is 0 Å². The summed E-state index contributed by atoms with van der Waals surface area (Å²) < 4.78 is 60.8. The van der Waals surface area contributed by atoms with Crippen LogP contribution in [0.15, 0.2) is 4.99 Å².